The lowest BCUT2D eigenvalue weighted by atomic mass is 9.97. The Balaban J connectivity index is 2.12. The molecule has 1 amide bonds. The molecule has 1 saturated heterocycles. The number of carbonyl (C=O) groups is 2. The second-order valence-electron chi connectivity index (χ2n) is 6.66. The average molecular weight is 382 g/mol. The first kappa shape index (κ1) is 20.4. The van der Waals surface area contributed by atoms with Gasteiger partial charge < -0.3 is 9.64 Å². The van der Waals surface area contributed by atoms with Crippen LogP contribution in [0.25, 0.3) is 0 Å². The molecule has 2 rings (SSSR count). The molecule has 0 unspecified atom stereocenters. The number of carbonyl (C=O) groups excluding carboxylic acids is 2. The van der Waals surface area contributed by atoms with Gasteiger partial charge in [0.05, 0.1) is 10.5 Å². The lowest BCUT2D eigenvalue weighted by molar-refractivity contribution is -0.146. The van der Waals surface area contributed by atoms with Crippen LogP contribution in [0, 0.1) is 0 Å². The SMILES string of the molecule is CNS(=O)(=O)c1cccc(C(=O)O[C@H](C)C(=O)N2[C@H](C)CCC[C@H]2C)c1. The standard InChI is InChI=1S/C18H26N2O5S/c1-12-7-5-8-13(2)20(12)17(21)14(3)25-18(22)15-9-6-10-16(11-15)26(23,24)19-4/h6,9-14,19H,5,7-8H2,1-4H3/t12-,13-,14-/m1/s1. The molecule has 0 bridgehead atoms. The summed E-state index contributed by atoms with van der Waals surface area (Å²) in [6.07, 6.45) is 2.00. The third kappa shape index (κ3) is 4.42. The zero-order valence-corrected chi connectivity index (χ0v) is 16.4. The van der Waals surface area contributed by atoms with Crippen LogP contribution in [-0.2, 0) is 19.6 Å². The summed E-state index contributed by atoms with van der Waals surface area (Å²) in [6.45, 7) is 5.53. The molecule has 0 aliphatic carbocycles. The minimum atomic E-state index is -3.66. The zero-order chi connectivity index (χ0) is 19.5. The third-order valence-corrected chi connectivity index (χ3v) is 6.14. The summed E-state index contributed by atoms with van der Waals surface area (Å²) in [5.41, 5.74) is 0.0840. The topological polar surface area (TPSA) is 92.8 Å². The summed E-state index contributed by atoms with van der Waals surface area (Å²) in [7, 11) is -2.37. The van der Waals surface area contributed by atoms with Crippen molar-refractivity contribution in [1.29, 1.82) is 0 Å². The molecule has 1 aromatic rings. The summed E-state index contributed by atoms with van der Waals surface area (Å²) in [6, 6.07) is 5.75. The molecule has 0 aromatic heterocycles. The van der Waals surface area contributed by atoms with E-state index < -0.39 is 22.1 Å². The van der Waals surface area contributed by atoms with Gasteiger partial charge in [0.25, 0.3) is 5.91 Å². The molecule has 144 valence electrons. The Labute approximate surface area is 154 Å². The van der Waals surface area contributed by atoms with Crippen molar-refractivity contribution >= 4 is 21.9 Å². The maximum atomic E-state index is 12.7. The fourth-order valence-corrected chi connectivity index (χ4v) is 4.03. The number of piperidine rings is 1. The highest BCUT2D eigenvalue weighted by atomic mass is 32.2. The highest BCUT2D eigenvalue weighted by Crippen LogP contribution is 2.24. The van der Waals surface area contributed by atoms with Gasteiger partial charge in [-0.3, -0.25) is 4.79 Å². The smallest absolute Gasteiger partial charge is 0.338 e. The summed E-state index contributed by atoms with van der Waals surface area (Å²) in [5, 5.41) is 0. The fraction of sp³-hybridized carbons (Fsp3) is 0.556. The number of hydrogen-bond acceptors (Lipinski definition) is 5. The van der Waals surface area contributed by atoms with Crippen molar-refractivity contribution in [2.24, 2.45) is 0 Å². The Hall–Kier alpha value is -1.93. The van der Waals surface area contributed by atoms with Crippen LogP contribution in [-0.4, -0.2) is 50.4 Å². The summed E-state index contributed by atoms with van der Waals surface area (Å²) < 4.78 is 31.2. The number of likely N-dealkylation sites (tertiary alicyclic amines) is 1. The molecule has 1 heterocycles. The molecule has 1 aromatic carbocycles. The second-order valence-corrected chi connectivity index (χ2v) is 8.54. The molecule has 26 heavy (non-hydrogen) atoms. The van der Waals surface area contributed by atoms with Crippen molar-refractivity contribution in [1.82, 2.24) is 9.62 Å². The number of ether oxygens (including phenoxy) is 1. The van der Waals surface area contributed by atoms with E-state index in [-0.39, 0.29) is 28.4 Å². The van der Waals surface area contributed by atoms with E-state index in [1.54, 1.807) is 11.8 Å². The van der Waals surface area contributed by atoms with E-state index in [1.165, 1.54) is 31.3 Å². The van der Waals surface area contributed by atoms with Gasteiger partial charge in [-0.05, 0) is 65.3 Å². The average Bonchev–Trinajstić information content (AvgIpc) is 2.61. The van der Waals surface area contributed by atoms with Gasteiger partial charge in [-0.25, -0.2) is 17.9 Å². The maximum absolute atomic E-state index is 12.7. The highest BCUT2D eigenvalue weighted by molar-refractivity contribution is 7.89. The van der Waals surface area contributed by atoms with Crippen molar-refractivity contribution in [2.45, 2.75) is 63.1 Å². The Morgan fingerprint density at radius 2 is 1.85 bits per heavy atom. The summed E-state index contributed by atoms with van der Waals surface area (Å²) >= 11 is 0. The van der Waals surface area contributed by atoms with E-state index in [1.807, 2.05) is 13.8 Å². The number of sulfonamides is 1. The normalized spacial score (nSPS) is 21.9. The first-order valence-electron chi connectivity index (χ1n) is 8.74. The van der Waals surface area contributed by atoms with Gasteiger partial charge in [-0.2, -0.15) is 0 Å². The van der Waals surface area contributed by atoms with Crippen molar-refractivity contribution in [3.05, 3.63) is 29.8 Å². The van der Waals surface area contributed by atoms with Crippen LogP contribution in [0.15, 0.2) is 29.2 Å². The monoisotopic (exact) mass is 382 g/mol. The number of nitrogens with one attached hydrogen (secondary N) is 1. The Bertz CT molecular complexity index is 768. The lowest BCUT2D eigenvalue weighted by Gasteiger charge is -2.40. The van der Waals surface area contributed by atoms with Crippen LogP contribution in [0.5, 0.6) is 0 Å². The molecular formula is C18H26N2O5S. The predicted molar refractivity (Wildman–Crippen MR) is 97.2 cm³/mol. The van der Waals surface area contributed by atoms with E-state index >= 15 is 0 Å². The summed E-state index contributed by atoms with van der Waals surface area (Å²) in [4.78, 5) is 26.8. The molecule has 3 atom stereocenters. The van der Waals surface area contributed by atoms with Crippen molar-refractivity contribution in [3.63, 3.8) is 0 Å². The van der Waals surface area contributed by atoms with E-state index in [0.717, 1.165) is 19.3 Å². The van der Waals surface area contributed by atoms with Crippen LogP contribution in [0.3, 0.4) is 0 Å². The van der Waals surface area contributed by atoms with Gasteiger partial charge in [-0.15, -0.1) is 0 Å². The number of rotatable bonds is 5. The zero-order valence-electron chi connectivity index (χ0n) is 15.6. The second kappa shape index (κ2) is 8.18. The Morgan fingerprint density at radius 3 is 2.42 bits per heavy atom. The molecular weight excluding hydrogens is 356 g/mol. The fourth-order valence-electron chi connectivity index (χ4n) is 3.25. The number of esters is 1. The summed E-state index contributed by atoms with van der Waals surface area (Å²) in [5.74, 6) is -0.951. The number of benzene rings is 1. The molecule has 1 aliphatic heterocycles. The van der Waals surface area contributed by atoms with Crippen LogP contribution < -0.4 is 4.72 Å². The van der Waals surface area contributed by atoms with E-state index in [0.29, 0.717) is 0 Å². The van der Waals surface area contributed by atoms with Gasteiger partial charge in [0.15, 0.2) is 6.10 Å². The highest BCUT2D eigenvalue weighted by Gasteiger charge is 2.33. The van der Waals surface area contributed by atoms with E-state index in [9.17, 15) is 18.0 Å². The third-order valence-electron chi connectivity index (χ3n) is 4.73. The first-order chi connectivity index (χ1) is 12.2. The molecule has 7 nitrogen and oxygen atoms in total. The van der Waals surface area contributed by atoms with Gasteiger partial charge in [0.2, 0.25) is 10.0 Å². The van der Waals surface area contributed by atoms with Gasteiger partial charge in [0, 0.05) is 12.1 Å². The van der Waals surface area contributed by atoms with Crippen LogP contribution in [0.2, 0.25) is 0 Å². The molecule has 1 N–H and O–H groups in total. The number of amides is 1. The Morgan fingerprint density at radius 1 is 1.23 bits per heavy atom. The molecule has 1 fully saturated rings. The molecule has 0 spiro atoms. The van der Waals surface area contributed by atoms with Crippen LogP contribution in [0.1, 0.15) is 50.4 Å². The quantitative estimate of drug-likeness (QED) is 0.786. The van der Waals surface area contributed by atoms with Gasteiger partial charge in [0.1, 0.15) is 0 Å². The van der Waals surface area contributed by atoms with E-state index in [4.69, 9.17) is 4.74 Å². The van der Waals surface area contributed by atoms with Crippen molar-refractivity contribution in [3.8, 4) is 0 Å². The van der Waals surface area contributed by atoms with Crippen molar-refractivity contribution in [2.75, 3.05) is 7.05 Å². The lowest BCUT2D eigenvalue weighted by Crippen LogP contribution is -2.51. The Kier molecular flexibility index (Phi) is 6.41. The number of nitrogens with zero attached hydrogens (tertiary/aromatic N) is 1. The largest absolute Gasteiger partial charge is 0.449 e. The first-order valence-corrected chi connectivity index (χ1v) is 10.2. The van der Waals surface area contributed by atoms with Gasteiger partial charge in [-0.1, -0.05) is 6.07 Å². The van der Waals surface area contributed by atoms with E-state index in [2.05, 4.69) is 4.72 Å². The minimum absolute atomic E-state index is 0.0355. The minimum Gasteiger partial charge on any atom is -0.449 e. The number of hydrogen-bond donors (Lipinski definition) is 1. The van der Waals surface area contributed by atoms with Crippen LogP contribution in [0.4, 0.5) is 0 Å². The maximum Gasteiger partial charge on any atom is 0.338 e. The molecule has 8 heteroatoms. The van der Waals surface area contributed by atoms with Gasteiger partial charge >= 0.3 is 5.97 Å². The van der Waals surface area contributed by atoms with Crippen LogP contribution >= 0.6 is 0 Å². The molecule has 0 radical (unpaired) electrons. The van der Waals surface area contributed by atoms with Crippen molar-refractivity contribution < 1.29 is 22.7 Å². The predicted octanol–water partition coefficient (Wildman–Crippen LogP) is 1.93. The molecule has 1 aliphatic rings. The molecule has 0 saturated carbocycles.